The number of anilines is 1. The lowest BCUT2D eigenvalue weighted by molar-refractivity contribution is -0.113. The van der Waals surface area contributed by atoms with Crippen LogP contribution in [0.3, 0.4) is 0 Å². The Labute approximate surface area is 250 Å². The lowest BCUT2D eigenvalue weighted by Crippen LogP contribution is -2.40. The Kier molecular flexibility index (Phi) is 7.69. The topological polar surface area (TPSA) is 85.8 Å². The maximum atomic E-state index is 13.9. The summed E-state index contributed by atoms with van der Waals surface area (Å²) in [5.74, 6) is 0.925. The predicted octanol–water partition coefficient (Wildman–Crippen LogP) is 5.94. The lowest BCUT2D eigenvalue weighted by Gasteiger charge is -2.25. The molecule has 7 nitrogen and oxygen atoms in total. The van der Waals surface area contributed by atoms with Crippen LogP contribution < -0.4 is 24.9 Å². The minimum atomic E-state index is -0.678. The number of carbonyl (C=O) groups is 1. The fourth-order valence-electron chi connectivity index (χ4n) is 4.75. The van der Waals surface area contributed by atoms with E-state index in [0.29, 0.717) is 37.8 Å². The highest BCUT2D eigenvalue weighted by molar-refractivity contribution is 7.99. The quantitative estimate of drug-likeness (QED) is 0.253. The second kappa shape index (κ2) is 11.7. The van der Waals surface area contributed by atoms with E-state index in [1.807, 2.05) is 78.9 Å². The molecule has 1 amide bonds. The van der Waals surface area contributed by atoms with Gasteiger partial charge in [0, 0.05) is 16.7 Å². The lowest BCUT2D eigenvalue weighted by atomic mass is 9.95. The van der Waals surface area contributed by atoms with Gasteiger partial charge in [-0.15, -0.1) is 0 Å². The summed E-state index contributed by atoms with van der Waals surface area (Å²) in [4.78, 5) is 33.9. The second-order valence-electron chi connectivity index (χ2n) is 9.75. The summed E-state index contributed by atoms with van der Waals surface area (Å²) < 4.78 is 13.4. The van der Waals surface area contributed by atoms with Gasteiger partial charge >= 0.3 is 0 Å². The first-order valence-electron chi connectivity index (χ1n) is 13.3. The highest BCUT2D eigenvalue weighted by Crippen LogP contribution is 2.32. The van der Waals surface area contributed by atoms with Crippen molar-refractivity contribution >= 4 is 40.8 Å². The molecule has 1 aliphatic rings. The van der Waals surface area contributed by atoms with Crippen molar-refractivity contribution in [3.63, 3.8) is 0 Å². The summed E-state index contributed by atoms with van der Waals surface area (Å²) >= 11 is 2.79. The maximum Gasteiger partial charge on any atom is 0.271 e. The SMILES string of the molecule is COc1ccc([C@@H]2C(C(=O)Nc3ccccc3)=C(C)N=c3s/c(=C/c4ccc(Sc5ccc(C)cc5)o4)c(=O)n32)cc1. The Hall–Kier alpha value is -4.60. The van der Waals surface area contributed by atoms with Gasteiger partial charge in [-0.2, -0.15) is 0 Å². The number of fused-ring (bicyclic) bond motifs is 1. The number of ether oxygens (including phenoxy) is 1. The van der Waals surface area contributed by atoms with Gasteiger partial charge in [-0.25, -0.2) is 4.99 Å². The van der Waals surface area contributed by atoms with Crippen LogP contribution in [0.1, 0.15) is 29.9 Å². The predicted molar refractivity (Wildman–Crippen MR) is 166 cm³/mol. The third-order valence-electron chi connectivity index (χ3n) is 6.84. The van der Waals surface area contributed by atoms with Crippen LogP contribution >= 0.6 is 23.1 Å². The molecule has 0 saturated heterocycles. The number of carbonyl (C=O) groups excluding carboxylic acids is 1. The van der Waals surface area contributed by atoms with Crippen molar-refractivity contribution < 1.29 is 13.9 Å². The molecule has 3 heterocycles. The smallest absolute Gasteiger partial charge is 0.271 e. The van der Waals surface area contributed by atoms with Gasteiger partial charge < -0.3 is 14.5 Å². The van der Waals surface area contributed by atoms with Crippen molar-refractivity contribution in [3.8, 4) is 5.75 Å². The van der Waals surface area contributed by atoms with Crippen molar-refractivity contribution in [1.82, 2.24) is 4.57 Å². The number of aryl methyl sites for hydroxylation is 1. The molecule has 0 radical (unpaired) electrons. The molecule has 1 atom stereocenters. The van der Waals surface area contributed by atoms with Crippen LogP contribution in [0.2, 0.25) is 0 Å². The average molecular weight is 594 g/mol. The first-order valence-corrected chi connectivity index (χ1v) is 14.9. The number of hydrogen-bond acceptors (Lipinski definition) is 7. The zero-order valence-corrected chi connectivity index (χ0v) is 24.8. The number of furan rings is 1. The van der Waals surface area contributed by atoms with Crippen molar-refractivity contribution in [2.45, 2.75) is 29.9 Å². The highest BCUT2D eigenvalue weighted by atomic mass is 32.2. The Morgan fingerprint density at radius 1 is 1.00 bits per heavy atom. The van der Waals surface area contributed by atoms with E-state index in [-0.39, 0.29) is 11.5 Å². The number of aromatic nitrogens is 1. The van der Waals surface area contributed by atoms with Crippen LogP contribution in [-0.2, 0) is 4.79 Å². The van der Waals surface area contributed by atoms with Gasteiger partial charge in [0.25, 0.3) is 11.5 Å². The van der Waals surface area contributed by atoms with Gasteiger partial charge in [-0.3, -0.25) is 14.2 Å². The molecule has 210 valence electrons. The summed E-state index contributed by atoms with van der Waals surface area (Å²) in [6, 6.07) is 27.9. The molecular formula is C33H27N3O4S2. The number of nitrogens with one attached hydrogen (secondary N) is 1. The monoisotopic (exact) mass is 593 g/mol. The summed E-state index contributed by atoms with van der Waals surface area (Å²) in [5.41, 5.74) is 3.32. The molecule has 0 bridgehead atoms. The van der Waals surface area contributed by atoms with E-state index in [1.165, 1.54) is 28.7 Å². The molecule has 0 unspecified atom stereocenters. The Morgan fingerprint density at radius 3 is 2.45 bits per heavy atom. The molecule has 9 heteroatoms. The molecule has 0 aliphatic carbocycles. The number of hydrogen-bond donors (Lipinski definition) is 1. The van der Waals surface area contributed by atoms with E-state index in [0.717, 1.165) is 15.6 Å². The molecule has 3 aromatic carbocycles. The van der Waals surface area contributed by atoms with Gasteiger partial charge in [0.1, 0.15) is 11.5 Å². The molecule has 6 rings (SSSR count). The third-order valence-corrected chi connectivity index (χ3v) is 8.76. The van der Waals surface area contributed by atoms with Gasteiger partial charge in [-0.1, -0.05) is 71.1 Å². The molecular weight excluding hydrogens is 567 g/mol. The molecule has 0 fully saturated rings. The fourth-order valence-corrected chi connectivity index (χ4v) is 6.56. The number of methoxy groups -OCH3 is 1. The summed E-state index contributed by atoms with van der Waals surface area (Å²) in [6.07, 6.45) is 1.73. The number of para-hydroxylation sites is 1. The van der Waals surface area contributed by atoms with Crippen LogP contribution in [0, 0.1) is 6.92 Å². The molecule has 2 aromatic heterocycles. The fraction of sp³-hybridized carbons (Fsp3) is 0.121. The van der Waals surface area contributed by atoms with Gasteiger partial charge in [-0.05, 0) is 67.9 Å². The van der Waals surface area contributed by atoms with Crippen LogP contribution in [0.25, 0.3) is 6.08 Å². The summed E-state index contributed by atoms with van der Waals surface area (Å²) in [6.45, 7) is 3.85. The van der Waals surface area contributed by atoms with Crippen molar-refractivity contribution in [3.05, 3.63) is 139 Å². The molecule has 0 saturated carbocycles. The van der Waals surface area contributed by atoms with Crippen LogP contribution in [0.5, 0.6) is 5.75 Å². The zero-order chi connectivity index (χ0) is 29.2. The summed E-state index contributed by atoms with van der Waals surface area (Å²) in [5, 5.41) is 3.69. The Bertz CT molecular complexity index is 1970. The van der Waals surface area contributed by atoms with Gasteiger partial charge in [0.15, 0.2) is 9.89 Å². The minimum absolute atomic E-state index is 0.249. The van der Waals surface area contributed by atoms with Crippen LogP contribution in [0.15, 0.2) is 126 Å². The van der Waals surface area contributed by atoms with E-state index >= 15 is 0 Å². The van der Waals surface area contributed by atoms with Crippen molar-refractivity contribution in [1.29, 1.82) is 0 Å². The molecule has 42 heavy (non-hydrogen) atoms. The van der Waals surface area contributed by atoms with Crippen LogP contribution in [-0.4, -0.2) is 17.6 Å². The van der Waals surface area contributed by atoms with Gasteiger partial charge in [0.05, 0.1) is 29.0 Å². The minimum Gasteiger partial charge on any atom is -0.497 e. The van der Waals surface area contributed by atoms with Gasteiger partial charge in [0.2, 0.25) is 0 Å². The second-order valence-corrected chi connectivity index (χ2v) is 11.8. The van der Waals surface area contributed by atoms with Crippen LogP contribution in [0.4, 0.5) is 5.69 Å². The van der Waals surface area contributed by atoms with E-state index in [1.54, 1.807) is 24.7 Å². The zero-order valence-electron chi connectivity index (χ0n) is 23.2. The van der Waals surface area contributed by atoms with Crippen molar-refractivity contribution in [2.75, 3.05) is 12.4 Å². The Balaban J connectivity index is 1.40. The van der Waals surface area contributed by atoms with E-state index in [9.17, 15) is 9.59 Å². The third kappa shape index (κ3) is 5.61. The summed E-state index contributed by atoms with van der Waals surface area (Å²) in [7, 11) is 1.60. The standard InChI is InChI=1S/C33H27N3O4S2/c1-20-9-16-26(17-10-20)41-28-18-15-25(40-28)19-27-32(38)36-30(22-11-13-24(39-3)14-12-22)29(21(2)34-33(36)42-27)31(37)35-23-7-5-4-6-8-23/h4-19,30H,1-3H3,(H,35,37)/b27-19+/t30-/m1/s1. The first-order chi connectivity index (χ1) is 20.4. The highest BCUT2D eigenvalue weighted by Gasteiger charge is 2.32. The van der Waals surface area contributed by atoms with Crippen molar-refractivity contribution in [2.24, 2.45) is 4.99 Å². The van der Waals surface area contributed by atoms with E-state index in [4.69, 9.17) is 14.1 Å². The largest absolute Gasteiger partial charge is 0.497 e. The molecule has 0 spiro atoms. The number of rotatable bonds is 7. The number of nitrogens with zero attached hydrogens (tertiary/aromatic N) is 2. The van der Waals surface area contributed by atoms with E-state index in [2.05, 4.69) is 24.4 Å². The molecule has 1 aliphatic heterocycles. The number of benzene rings is 3. The first kappa shape index (κ1) is 27.6. The molecule has 1 N–H and O–H groups in total. The number of amides is 1. The Morgan fingerprint density at radius 2 is 1.74 bits per heavy atom. The maximum absolute atomic E-state index is 13.9. The average Bonchev–Trinajstić information content (AvgIpc) is 3.57. The number of thiazole rings is 1. The molecule has 5 aromatic rings. The van der Waals surface area contributed by atoms with E-state index < -0.39 is 6.04 Å². The number of allylic oxidation sites excluding steroid dienone is 1. The normalized spacial score (nSPS) is 14.8.